The number of likely N-dealkylation sites (tertiary alicyclic amines) is 1. The molecular formula is C25H24F2N2O2. The fraction of sp³-hybridized carbons (Fsp3) is 0.280. The maximum absolute atomic E-state index is 13.7. The molecule has 4 nitrogen and oxygen atoms in total. The molecule has 0 spiro atoms. The number of carbonyl (C=O) groups is 1. The van der Waals surface area contributed by atoms with Crippen molar-refractivity contribution >= 4 is 5.91 Å². The molecule has 0 aliphatic carbocycles. The van der Waals surface area contributed by atoms with Crippen molar-refractivity contribution in [2.75, 3.05) is 19.7 Å². The molecule has 6 heteroatoms. The van der Waals surface area contributed by atoms with E-state index >= 15 is 0 Å². The van der Waals surface area contributed by atoms with Crippen LogP contribution in [0.25, 0.3) is 0 Å². The molecule has 2 heterocycles. The number of benzene rings is 2. The zero-order chi connectivity index (χ0) is 21.6. The molecular weight excluding hydrogens is 398 g/mol. The average molecular weight is 422 g/mol. The van der Waals surface area contributed by atoms with Gasteiger partial charge in [-0.2, -0.15) is 0 Å². The minimum Gasteiger partial charge on any atom is -0.481 e. The number of nitrogens with zero attached hydrogens (tertiary/aromatic N) is 2. The Labute approximate surface area is 180 Å². The summed E-state index contributed by atoms with van der Waals surface area (Å²) in [4.78, 5) is 18.9. The Morgan fingerprint density at radius 3 is 2.71 bits per heavy atom. The zero-order valence-corrected chi connectivity index (χ0v) is 17.1. The molecule has 160 valence electrons. The Morgan fingerprint density at radius 2 is 1.94 bits per heavy atom. The number of hydrogen-bond acceptors (Lipinski definition) is 3. The molecule has 1 aromatic heterocycles. The Balaban J connectivity index is 1.34. The fourth-order valence-corrected chi connectivity index (χ4v) is 3.90. The van der Waals surface area contributed by atoms with Crippen LogP contribution < -0.4 is 4.74 Å². The molecule has 0 N–H and O–H groups in total. The molecule has 0 bridgehead atoms. The normalized spacial score (nSPS) is 16.2. The van der Waals surface area contributed by atoms with Gasteiger partial charge in [0.15, 0.2) is 18.2 Å². The number of aromatic nitrogens is 1. The van der Waals surface area contributed by atoms with Crippen LogP contribution in [0.1, 0.15) is 35.6 Å². The summed E-state index contributed by atoms with van der Waals surface area (Å²) < 4.78 is 32.4. The number of amides is 1. The van der Waals surface area contributed by atoms with E-state index in [1.807, 2.05) is 24.4 Å². The minimum absolute atomic E-state index is 0.0833. The molecule has 3 aromatic rings. The third kappa shape index (κ3) is 5.45. The van der Waals surface area contributed by atoms with Crippen LogP contribution in [0.15, 0.2) is 66.9 Å². The first kappa shape index (κ1) is 21.0. The second-order valence-electron chi connectivity index (χ2n) is 7.80. The van der Waals surface area contributed by atoms with Gasteiger partial charge in [0.05, 0.1) is 0 Å². The van der Waals surface area contributed by atoms with Crippen molar-refractivity contribution in [3.8, 4) is 5.75 Å². The smallest absolute Gasteiger partial charge is 0.260 e. The fourth-order valence-electron chi connectivity index (χ4n) is 3.90. The van der Waals surface area contributed by atoms with Crippen molar-refractivity contribution in [1.29, 1.82) is 0 Å². The lowest BCUT2D eigenvalue weighted by Gasteiger charge is -2.32. The first-order valence-corrected chi connectivity index (χ1v) is 10.4. The maximum atomic E-state index is 13.7. The van der Waals surface area contributed by atoms with Gasteiger partial charge >= 0.3 is 0 Å². The number of carbonyl (C=O) groups excluding carboxylic acids is 1. The van der Waals surface area contributed by atoms with Crippen LogP contribution in [-0.4, -0.2) is 35.5 Å². The van der Waals surface area contributed by atoms with E-state index in [0.29, 0.717) is 19.5 Å². The number of ether oxygens (including phenoxy) is 1. The highest BCUT2D eigenvalue weighted by Crippen LogP contribution is 2.26. The van der Waals surface area contributed by atoms with Crippen molar-refractivity contribution in [2.24, 2.45) is 0 Å². The number of para-hydroxylation sites is 1. The Kier molecular flexibility index (Phi) is 6.55. The monoisotopic (exact) mass is 422 g/mol. The molecule has 0 saturated carbocycles. The van der Waals surface area contributed by atoms with Crippen molar-refractivity contribution < 1.29 is 18.3 Å². The Bertz CT molecular complexity index is 1040. The van der Waals surface area contributed by atoms with Gasteiger partial charge in [-0.1, -0.05) is 30.3 Å². The van der Waals surface area contributed by atoms with Gasteiger partial charge in [-0.05, 0) is 60.7 Å². The van der Waals surface area contributed by atoms with Crippen molar-refractivity contribution in [1.82, 2.24) is 9.88 Å². The second kappa shape index (κ2) is 9.69. The van der Waals surface area contributed by atoms with E-state index in [1.165, 1.54) is 24.3 Å². The van der Waals surface area contributed by atoms with Crippen LogP contribution in [0.5, 0.6) is 5.75 Å². The summed E-state index contributed by atoms with van der Waals surface area (Å²) in [6.07, 6.45) is 4.27. The van der Waals surface area contributed by atoms with Gasteiger partial charge in [-0.3, -0.25) is 9.78 Å². The summed E-state index contributed by atoms with van der Waals surface area (Å²) in [5.74, 6) is -0.646. The lowest BCUT2D eigenvalue weighted by molar-refractivity contribution is -0.134. The van der Waals surface area contributed by atoms with E-state index in [1.54, 1.807) is 23.1 Å². The van der Waals surface area contributed by atoms with Gasteiger partial charge in [-0.15, -0.1) is 0 Å². The topological polar surface area (TPSA) is 42.4 Å². The number of hydrogen-bond donors (Lipinski definition) is 0. The van der Waals surface area contributed by atoms with Gasteiger partial charge in [0.1, 0.15) is 5.82 Å². The lowest BCUT2D eigenvalue weighted by atomic mass is 9.93. The van der Waals surface area contributed by atoms with Crippen LogP contribution in [0.3, 0.4) is 0 Å². The summed E-state index contributed by atoms with van der Waals surface area (Å²) in [5.41, 5.74) is 2.85. The third-order valence-electron chi connectivity index (χ3n) is 5.53. The van der Waals surface area contributed by atoms with E-state index in [4.69, 9.17) is 4.74 Å². The average Bonchev–Trinajstić information content (AvgIpc) is 2.79. The van der Waals surface area contributed by atoms with Crippen molar-refractivity contribution in [2.45, 2.75) is 25.2 Å². The largest absolute Gasteiger partial charge is 0.481 e. The molecule has 1 saturated heterocycles. The molecule has 1 amide bonds. The Hall–Kier alpha value is -3.28. The van der Waals surface area contributed by atoms with Crippen LogP contribution >= 0.6 is 0 Å². The first-order valence-electron chi connectivity index (χ1n) is 10.4. The molecule has 1 aliphatic rings. The molecule has 0 radical (unpaired) electrons. The van der Waals surface area contributed by atoms with E-state index in [0.717, 1.165) is 29.7 Å². The SMILES string of the molecule is O=C(COc1ccccc1F)N1CCCC(c2ccc(Cc3cccc(F)c3)cn2)C1. The highest BCUT2D eigenvalue weighted by Gasteiger charge is 2.26. The summed E-state index contributed by atoms with van der Waals surface area (Å²) in [7, 11) is 0. The third-order valence-corrected chi connectivity index (χ3v) is 5.53. The van der Waals surface area contributed by atoms with Crippen molar-refractivity contribution in [3.05, 3.63) is 95.3 Å². The van der Waals surface area contributed by atoms with E-state index < -0.39 is 5.82 Å². The highest BCUT2D eigenvalue weighted by molar-refractivity contribution is 5.78. The van der Waals surface area contributed by atoms with Crippen LogP contribution in [0, 0.1) is 11.6 Å². The lowest BCUT2D eigenvalue weighted by Crippen LogP contribution is -2.41. The van der Waals surface area contributed by atoms with Gasteiger partial charge in [-0.25, -0.2) is 8.78 Å². The quantitative estimate of drug-likeness (QED) is 0.577. The van der Waals surface area contributed by atoms with Crippen molar-refractivity contribution in [3.63, 3.8) is 0 Å². The van der Waals surface area contributed by atoms with Gasteiger partial charge in [0.2, 0.25) is 0 Å². The zero-order valence-electron chi connectivity index (χ0n) is 17.1. The molecule has 31 heavy (non-hydrogen) atoms. The standard InChI is InChI=1S/C25H24F2N2O2/c26-21-7-3-5-18(14-21)13-19-10-11-23(28-15-19)20-6-4-12-29(16-20)25(30)17-31-24-9-2-1-8-22(24)27/h1-3,5,7-11,14-15,20H,4,6,12-13,16-17H2. The highest BCUT2D eigenvalue weighted by atomic mass is 19.1. The van der Waals surface area contributed by atoms with E-state index in [2.05, 4.69) is 4.98 Å². The van der Waals surface area contributed by atoms with E-state index in [9.17, 15) is 13.6 Å². The number of halogens is 2. The van der Waals surface area contributed by atoms with Gasteiger partial charge in [0, 0.05) is 30.9 Å². The molecule has 1 aliphatic heterocycles. The maximum Gasteiger partial charge on any atom is 0.260 e. The molecule has 4 rings (SSSR count). The number of piperidine rings is 1. The number of pyridine rings is 1. The molecule has 1 atom stereocenters. The molecule has 2 aromatic carbocycles. The predicted octanol–water partition coefficient (Wildman–Crippen LogP) is 4.74. The van der Waals surface area contributed by atoms with E-state index in [-0.39, 0.29) is 30.0 Å². The van der Waals surface area contributed by atoms with Crippen LogP contribution in [-0.2, 0) is 11.2 Å². The molecule has 1 fully saturated rings. The summed E-state index contributed by atoms with van der Waals surface area (Å²) in [5, 5.41) is 0. The van der Waals surface area contributed by atoms with Gasteiger partial charge < -0.3 is 9.64 Å². The van der Waals surface area contributed by atoms with Gasteiger partial charge in [0.25, 0.3) is 5.91 Å². The summed E-state index contributed by atoms with van der Waals surface area (Å²) >= 11 is 0. The van der Waals surface area contributed by atoms with Crippen LogP contribution in [0.4, 0.5) is 8.78 Å². The second-order valence-corrected chi connectivity index (χ2v) is 7.80. The summed E-state index contributed by atoms with van der Waals surface area (Å²) in [6.45, 7) is 1.04. The van der Waals surface area contributed by atoms with Crippen LogP contribution in [0.2, 0.25) is 0 Å². The number of rotatable bonds is 6. The minimum atomic E-state index is -0.477. The molecule has 1 unspecified atom stereocenters. The predicted molar refractivity (Wildman–Crippen MR) is 114 cm³/mol. The Morgan fingerprint density at radius 1 is 1.06 bits per heavy atom. The first-order chi connectivity index (χ1) is 15.1. The summed E-state index contributed by atoms with van der Waals surface area (Å²) in [6, 6.07) is 16.6.